The fourth-order valence-corrected chi connectivity index (χ4v) is 2.03. The summed E-state index contributed by atoms with van der Waals surface area (Å²) >= 11 is 4.84. The molecule has 2 aromatic rings. The summed E-state index contributed by atoms with van der Waals surface area (Å²) in [5.41, 5.74) is 2.23. The summed E-state index contributed by atoms with van der Waals surface area (Å²) in [6.45, 7) is 0. The zero-order valence-corrected chi connectivity index (χ0v) is 8.02. The van der Waals surface area contributed by atoms with Crippen LogP contribution in [0.25, 0.3) is 10.2 Å². The molecule has 4 heteroatoms. The number of alkyl halides is 1. The van der Waals surface area contributed by atoms with Crippen LogP contribution >= 0.6 is 27.5 Å². The average Bonchev–Trinajstić information content (AvgIpc) is 2.50. The Labute approximate surface area is 76.5 Å². The van der Waals surface area contributed by atoms with E-state index in [2.05, 4.69) is 31.6 Å². The van der Waals surface area contributed by atoms with Crippen LogP contribution < -0.4 is 0 Å². The predicted molar refractivity (Wildman–Crippen MR) is 50.0 cm³/mol. The molecule has 0 aliphatic carbocycles. The summed E-state index contributed by atoms with van der Waals surface area (Å²) in [7, 11) is 0. The van der Waals surface area contributed by atoms with Crippen molar-refractivity contribution in [3.05, 3.63) is 23.8 Å². The maximum absolute atomic E-state index is 4.03. The molecule has 56 valence electrons. The van der Waals surface area contributed by atoms with Crippen LogP contribution in [0.15, 0.2) is 18.2 Å². The predicted octanol–water partition coefficient (Wildman–Crippen LogP) is 2.59. The maximum atomic E-state index is 4.03. The lowest BCUT2D eigenvalue weighted by atomic mass is 10.2. The Balaban J connectivity index is 2.79. The van der Waals surface area contributed by atoms with Crippen LogP contribution in [-0.4, -0.2) is 9.59 Å². The minimum atomic E-state index is 0.843. The van der Waals surface area contributed by atoms with Gasteiger partial charge >= 0.3 is 0 Å². The van der Waals surface area contributed by atoms with Crippen molar-refractivity contribution in [2.75, 3.05) is 0 Å². The van der Waals surface area contributed by atoms with Crippen molar-refractivity contribution in [1.29, 1.82) is 0 Å². The molecule has 2 nitrogen and oxygen atoms in total. The number of aromatic nitrogens is 2. The monoisotopic (exact) mass is 228 g/mol. The first-order chi connectivity index (χ1) is 5.42. The highest BCUT2D eigenvalue weighted by atomic mass is 79.9. The quantitative estimate of drug-likeness (QED) is 0.702. The van der Waals surface area contributed by atoms with E-state index in [-0.39, 0.29) is 0 Å². The molecule has 0 unspecified atom stereocenters. The summed E-state index contributed by atoms with van der Waals surface area (Å²) < 4.78 is 5.04. The lowest BCUT2D eigenvalue weighted by Gasteiger charge is -1.92. The van der Waals surface area contributed by atoms with Gasteiger partial charge in [0.15, 0.2) is 0 Å². The molecule has 0 saturated carbocycles. The standard InChI is InChI=1S/C7H5BrN2S/c8-4-5-2-1-3-6-7(5)9-10-11-6/h1-3H,4H2. The highest BCUT2D eigenvalue weighted by Gasteiger charge is 2.01. The van der Waals surface area contributed by atoms with E-state index in [0.717, 1.165) is 15.5 Å². The first kappa shape index (κ1) is 7.18. The van der Waals surface area contributed by atoms with Gasteiger partial charge in [0.1, 0.15) is 5.52 Å². The van der Waals surface area contributed by atoms with Gasteiger partial charge in [-0.1, -0.05) is 32.6 Å². The minimum absolute atomic E-state index is 0.843. The lowest BCUT2D eigenvalue weighted by molar-refractivity contribution is 1.19. The Hall–Kier alpha value is -0.480. The molecule has 0 atom stereocenters. The van der Waals surface area contributed by atoms with Crippen LogP contribution in [-0.2, 0) is 5.33 Å². The van der Waals surface area contributed by atoms with E-state index in [1.54, 1.807) is 0 Å². The molecule has 11 heavy (non-hydrogen) atoms. The largest absolute Gasteiger partial charge is 0.138 e. The Kier molecular flexibility index (Phi) is 1.87. The van der Waals surface area contributed by atoms with Crippen molar-refractivity contribution in [3.63, 3.8) is 0 Å². The van der Waals surface area contributed by atoms with E-state index in [1.807, 2.05) is 12.1 Å². The van der Waals surface area contributed by atoms with Crippen molar-refractivity contribution in [1.82, 2.24) is 9.59 Å². The highest BCUT2D eigenvalue weighted by molar-refractivity contribution is 9.08. The first-order valence-corrected chi connectivity index (χ1v) is 5.07. The summed E-state index contributed by atoms with van der Waals surface area (Å²) in [4.78, 5) is 0. The molecule has 0 N–H and O–H groups in total. The molecule has 1 aromatic carbocycles. The fourth-order valence-electron chi connectivity index (χ4n) is 0.968. The van der Waals surface area contributed by atoms with Crippen LogP contribution in [0.5, 0.6) is 0 Å². The van der Waals surface area contributed by atoms with Gasteiger partial charge in [-0.05, 0) is 23.2 Å². The number of hydrogen-bond acceptors (Lipinski definition) is 3. The number of rotatable bonds is 1. The van der Waals surface area contributed by atoms with E-state index in [9.17, 15) is 0 Å². The van der Waals surface area contributed by atoms with E-state index in [4.69, 9.17) is 0 Å². The van der Waals surface area contributed by atoms with Crippen LogP contribution in [0.1, 0.15) is 5.56 Å². The van der Waals surface area contributed by atoms with E-state index >= 15 is 0 Å². The van der Waals surface area contributed by atoms with Crippen molar-refractivity contribution >= 4 is 37.7 Å². The zero-order chi connectivity index (χ0) is 7.68. The molecule has 0 aliphatic rings. The molecular formula is C7H5BrN2S. The van der Waals surface area contributed by atoms with Gasteiger partial charge in [-0.2, -0.15) is 0 Å². The summed E-state index contributed by atoms with van der Waals surface area (Å²) in [5.74, 6) is 0. The van der Waals surface area contributed by atoms with Crippen molar-refractivity contribution in [2.45, 2.75) is 5.33 Å². The second kappa shape index (κ2) is 2.87. The highest BCUT2D eigenvalue weighted by Crippen LogP contribution is 2.20. The SMILES string of the molecule is BrCc1cccc2snnc12. The molecule has 0 aliphatic heterocycles. The van der Waals surface area contributed by atoms with Crippen LogP contribution in [0.4, 0.5) is 0 Å². The van der Waals surface area contributed by atoms with Gasteiger partial charge in [0.25, 0.3) is 0 Å². The fraction of sp³-hybridized carbons (Fsp3) is 0.143. The second-order valence-electron chi connectivity index (χ2n) is 2.17. The maximum Gasteiger partial charge on any atom is 0.110 e. The van der Waals surface area contributed by atoms with Crippen LogP contribution in [0.3, 0.4) is 0 Å². The molecule has 0 radical (unpaired) electrons. The number of fused-ring (bicyclic) bond motifs is 1. The summed E-state index contributed by atoms with van der Waals surface area (Å²) in [6.07, 6.45) is 0. The normalized spacial score (nSPS) is 10.6. The Bertz CT molecular complexity index is 371. The molecule has 0 bridgehead atoms. The van der Waals surface area contributed by atoms with Crippen LogP contribution in [0, 0.1) is 0 Å². The molecule has 2 rings (SSSR count). The topological polar surface area (TPSA) is 25.8 Å². The molecule has 1 aromatic heterocycles. The van der Waals surface area contributed by atoms with Gasteiger partial charge in [-0.15, -0.1) is 5.10 Å². The van der Waals surface area contributed by atoms with Gasteiger partial charge in [0, 0.05) is 5.33 Å². The number of benzene rings is 1. The first-order valence-electron chi connectivity index (χ1n) is 3.18. The third kappa shape index (κ3) is 1.16. The molecule has 0 fully saturated rings. The third-order valence-corrected chi connectivity index (χ3v) is 2.80. The third-order valence-electron chi connectivity index (χ3n) is 1.51. The van der Waals surface area contributed by atoms with E-state index in [0.29, 0.717) is 0 Å². The summed E-state index contributed by atoms with van der Waals surface area (Å²) in [5, 5.41) is 4.87. The molecule has 0 amide bonds. The summed E-state index contributed by atoms with van der Waals surface area (Å²) in [6, 6.07) is 6.11. The molecular weight excluding hydrogens is 224 g/mol. The van der Waals surface area contributed by atoms with Crippen molar-refractivity contribution in [3.8, 4) is 0 Å². The zero-order valence-electron chi connectivity index (χ0n) is 5.62. The van der Waals surface area contributed by atoms with Gasteiger partial charge in [0.2, 0.25) is 0 Å². The lowest BCUT2D eigenvalue weighted by Crippen LogP contribution is -1.78. The number of halogens is 1. The van der Waals surface area contributed by atoms with Gasteiger partial charge < -0.3 is 0 Å². The number of hydrogen-bond donors (Lipinski definition) is 0. The molecule has 1 heterocycles. The molecule has 0 spiro atoms. The molecule has 0 saturated heterocycles. The van der Waals surface area contributed by atoms with Crippen molar-refractivity contribution in [2.24, 2.45) is 0 Å². The Morgan fingerprint density at radius 1 is 1.45 bits per heavy atom. The van der Waals surface area contributed by atoms with E-state index in [1.165, 1.54) is 17.1 Å². The smallest absolute Gasteiger partial charge is 0.110 e. The van der Waals surface area contributed by atoms with Crippen molar-refractivity contribution < 1.29 is 0 Å². The minimum Gasteiger partial charge on any atom is -0.138 e. The van der Waals surface area contributed by atoms with Gasteiger partial charge in [-0.3, -0.25) is 0 Å². The number of nitrogens with zero attached hydrogens (tertiary/aromatic N) is 2. The van der Waals surface area contributed by atoms with Gasteiger partial charge in [0.05, 0.1) is 4.70 Å². The second-order valence-corrected chi connectivity index (χ2v) is 3.52. The Morgan fingerprint density at radius 3 is 3.18 bits per heavy atom. The Morgan fingerprint density at radius 2 is 2.36 bits per heavy atom. The van der Waals surface area contributed by atoms with E-state index < -0.39 is 0 Å². The average molecular weight is 229 g/mol. The van der Waals surface area contributed by atoms with Crippen LogP contribution in [0.2, 0.25) is 0 Å². The van der Waals surface area contributed by atoms with Gasteiger partial charge in [-0.25, -0.2) is 0 Å².